The molecule has 2 aromatic rings. The van der Waals surface area contributed by atoms with Gasteiger partial charge in [-0.05, 0) is 12.5 Å². The second-order valence-electron chi connectivity index (χ2n) is 3.46. The van der Waals surface area contributed by atoms with Gasteiger partial charge in [-0.2, -0.15) is 0 Å². The maximum atomic E-state index is 10.7. The summed E-state index contributed by atoms with van der Waals surface area (Å²) < 4.78 is 0. The molecule has 88 valence electrons. The molecule has 0 saturated carbocycles. The number of rotatable bonds is 3. The summed E-state index contributed by atoms with van der Waals surface area (Å²) in [5.74, 6) is 0. The van der Waals surface area contributed by atoms with E-state index in [0.29, 0.717) is 16.6 Å². The number of nitrogens with two attached hydrogens (primary N) is 1. The maximum absolute atomic E-state index is 10.7. The first-order chi connectivity index (χ1) is 8.11. The van der Waals surface area contributed by atoms with E-state index in [2.05, 4.69) is 10.2 Å². The van der Waals surface area contributed by atoms with Crippen LogP contribution in [0.2, 0.25) is 0 Å². The van der Waals surface area contributed by atoms with Crippen molar-refractivity contribution in [2.45, 2.75) is 13.5 Å². The molecular formula is C10H10N4O2S. The minimum atomic E-state index is -0.423. The van der Waals surface area contributed by atoms with E-state index in [1.54, 1.807) is 6.07 Å². The Balaban J connectivity index is 2.49. The normalized spacial score (nSPS) is 10.5. The molecule has 2 N–H and O–H groups in total. The molecule has 17 heavy (non-hydrogen) atoms. The van der Waals surface area contributed by atoms with Gasteiger partial charge in [0.05, 0.1) is 4.92 Å². The lowest BCUT2D eigenvalue weighted by Gasteiger charge is -2.00. The number of aromatic nitrogens is 2. The van der Waals surface area contributed by atoms with E-state index in [1.807, 2.05) is 6.92 Å². The standard InChI is InChI=1S/C10H10N4O2S/c1-6-2-3-7(14(15)16)4-8(6)10-13-12-9(5-11)17-10/h2-4H,5,11H2,1H3. The van der Waals surface area contributed by atoms with E-state index >= 15 is 0 Å². The molecule has 2 rings (SSSR count). The first kappa shape index (κ1) is 11.6. The Morgan fingerprint density at radius 2 is 2.24 bits per heavy atom. The molecule has 0 aliphatic heterocycles. The fraction of sp³-hybridized carbons (Fsp3) is 0.200. The minimum absolute atomic E-state index is 0.0510. The van der Waals surface area contributed by atoms with Gasteiger partial charge in [-0.15, -0.1) is 10.2 Å². The van der Waals surface area contributed by atoms with Crippen molar-refractivity contribution in [3.05, 3.63) is 38.9 Å². The third kappa shape index (κ3) is 2.29. The number of benzene rings is 1. The monoisotopic (exact) mass is 250 g/mol. The lowest BCUT2D eigenvalue weighted by molar-refractivity contribution is -0.384. The molecule has 0 radical (unpaired) electrons. The summed E-state index contributed by atoms with van der Waals surface area (Å²) in [5.41, 5.74) is 7.17. The van der Waals surface area contributed by atoms with Gasteiger partial charge in [-0.25, -0.2) is 0 Å². The van der Waals surface area contributed by atoms with Gasteiger partial charge in [0.25, 0.3) is 5.69 Å². The molecule has 0 unspecified atom stereocenters. The smallest absolute Gasteiger partial charge is 0.270 e. The van der Waals surface area contributed by atoms with E-state index in [-0.39, 0.29) is 5.69 Å². The van der Waals surface area contributed by atoms with Crippen molar-refractivity contribution in [1.29, 1.82) is 0 Å². The molecule has 7 heteroatoms. The van der Waals surface area contributed by atoms with E-state index < -0.39 is 4.92 Å². The van der Waals surface area contributed by atoms with Gasteiger partial charge in [-0.3, -0.25) is 10.1 Å². The van der Waals surface area contributed by atoms with Crippen LogP contribution in [0.1, 0.15) is 10.6 Å². The fourth-order valence-corrected chi connectivity index (χ4v) is 2.20. The van der Waals surface area contributed by atoms with Crippen LogP contribution < -0.4 is 5.73 Å². The van der Waals surface area contributed by atoms with Crippen LogP contribution in [0.3, 0.4) is 0 Å². The molecule has 6 nitrogen and oxygen atoms in total. The van der Waals surface area contributed by atoms with Crippen LogP contribution in [0, 0.1) is 17.0 Å². The molecular weight excluding hydrogens is 240 g/mol. The summed E-state index contributed by atoms with van der Waals surface area (Å²) in [4.78, 5) is 10.3. The highest BCUT2D eigenvalue weighted by molar-refractivity contribution is 7.14. The molecule has 0 aliphatic rings. The van der Waals surface area contributed by atoms with Gasteiger partial charge >= 0.3 is 0 Å². The molecule has 0 spiro atoms. The Kier molecular flexibility index (Phi) is 3.12. The fourth-order valence-electron chi connectivity index (χ4n) is 1.40. The molecule has 0 fully saturated rings. The average molecular weight is 250 g/mol. The van der Waals surface area contributed by atoms with E-state index in [9.17, 15) is 10.1 Å². The molecule has 1 heterocycles. The van der Waals surface area contributed by atoms with Gasteiger partial charge in [0.2, 0.25) is 0 Å². The molecule has 1 aromatic carbocycles. The molecule has 0 amide bonds. The second-order valence-corrected chi connectivity index (χ2v) is 4.52. The molecule has 0 atom stereocenters. The van der Waals surface area contributed by atoms with Crippen molar-refractivity contribution in [2.75, 3.05) is 0 Å². The van der Waals surface area contributed by atoms with E-state index in [4.69, 9.17) is 5.73 Å². The number of nitro benzene ring substituents is 1. The number of hydrogen-bond donors (Lipinski definition) is 1. The van der Waals surface area contributed by atoms with Gasteiger partial charge in [0.15, 0.2) is 0 Å². The summed E-state index contributed by atoms with van der Waals surface area (Å²) in [6.07, 6.45) is 0. The molecule has 0 aliphatic carbocycles. The molecule has 0 bridgehead atoms. The largest absolute Gasteiger partial charge is 0.324 e. The Morgan fingerprint density at radius 1 is 1.47 bits per heavy atom. The number of aryl methyl sites for hydroxylation is 1. The Hall–Kier alpha value is -1.86. The highest BCUT2D eigenvalue weighted by atomic mass is 32.1. The van der Waals surface area contributed by atoms with Crippen molar-refractivity contribution < 1.29 is 4.92 Å². The van der Waals surface area contributed by atoms with Gasteiger partial charge in [0, 0.05) is 24.2 Å². The maximum Gasteiger partial charge on any atom is 0.270 e. The Labute approximate surface area is 101 Å². The van der Waals surface area contributed by atoms with Crippen molar-refractivity contribution in [2.24, 2.45) is 5.73 Å². The lowest BCUT2D eigenvalue weighted by atomic mass is 10.1. The van der Waals surface area contributed by atoms with E-state index in [1.165, 1.54) is 23.5 Å². The zero-order valence-electron chi connectivity index (χ0n) is 9.08. The number of nitro groups is 1. The minimum Gasteiger partial charge on any atom is -0.324 e. The summed E-state index contributed by atoms with van der Waals surface area (Å²) in [6.45, 7) is 2.20. The van der Waals surface area contributed by atoms with Crippen LogP contribution in [0.25, 0.3) is 10.6 Å². The van der Waals surface area contributed by atoms with Crippen LogP contribution in [-0.2, 0) is 6.54 Å². The Morgan fingerprint density at radius 3 is 2.82 bits per heavy atom. The Bertz CT molecular complexity index is 567. The summed E-state index contributed by atoms with van der Waals surface area (Å²) >= 11 is 1.35. The van der Waals surface area contributed by atoms with Gasteiger partial charge in [-0.1, -0.05) is 17.4 Å². The van der Waals surface area contributed by atoms with E-state index in [0.717, 1.165) is 11.1 Å². The van der Waals surface area contributed by atoms with Gasteiger partial charge in [0.1, 0.15) is 10.0 Å². The second kappa shape index (κ2) is 4.56. The van der Waals surface area contributed by atoms with Crippen LogP contribution >= 0.6 is 11.3 Å². The SMILES string of the molecule is Cc1ccc([N+](=O)[O-])cc1-c1nnc(CN)s1. The number of hydrogen-bond acceptors (Lipinski definition) is 6. The topological polar surface area (TPSA) is 94.9 Å². The quantitative estimate of drug-likeness (QED) is 0.662. The molecule has 0 saturated heterocycles. The zero-order valence-corrected chi connectivity index (χ0v) is 9.90. The predicted octanol–water partition coefficient (Wildman–Crippen LogP) is 1.88. The summed E-state index contributed by atoms with van der Waals surface area (Å²) in [5, 5.41) is 20.0. The average Bonchev–Trinajstić information content (AvgIpc) is 2.77. The van der Waals surface area contributed by atoms with Crippen LogP contribution in [0.5, 0.6) is 0 Å². The van der Waals surface area contributed by atoms with Crippen molar-refractivity contribution in [3.63, 3.8) is 0 Å². The highest BCUT2D eigenvalue weighted by Gasteiger charge is 2.13. The van der Waals surface area contributed by atoms with Crippen LogP contribution in [0.4, 0.5) is 5.69 Å². The van der Waals surface area contributed by atoms with Crippen molar-refractivity contribution >= 4 is 17.0 Å². The highest BCUT2D eigenvalue weighted by Crippen LogP contribution is 2.29. The predicted molar refractivity (Wildman–Crippen MR) is 64.6 cm³/mol. The molecule has 1 aromatic heterocycles. The first-order valence-corrected chi connectivity index (χ1v) is 5.71. The van der Waals surface area contributed by atoms with Crippen LogP contribution in [-0.4, -0.2) is 15.1 Å². The van der Waals surface area contributed by atoms with Crippen molar-refractivity contribution in [1.82, 2.24) is 10.2 Å². The lowest BCUT2D eigenvalue weighted by Crippen LogP contribution is -1.94. The zero-order chi connectivity index (χ0) is 12.4. The summed E-state index contributed by atoms with van der Waals surface area (Å²) in [7, 11) is 0. The van der Waals surface area contributed by atoms with Crippen LogP contribution in [0.15, 0.2) is 18.2 Å². The number of non-ortho nitro benzene ring substituents is 1. The summed E-state index contributed by atoms with van der Waals surface area (Å²) in [6, 6.07) is 4.69. The van der Waals surface area contributed by atoms with Gasteiger partial charge < -0.3 is 5.73 Å². The third-order valence-electron chi connectivity index (χ3n) is 2.30. The number of nitrogens with zero attached hydrogens (tertiary/aromatic N) is 3. The van der Waals surface area contributed by atoms with Crippen molar-refractivity contribution in [3.8, 4) is 10.6 Å². The first-order valence-electron chi connectivity index (χ1n) is 4.89. The third-order valence-corrected chi connectivity index (χ3v) is 3.28.